The molecule has 0 spiro atoms. The average Bonchev–Trinajstić information content (AvgIpc) is 3.01. The number of hydrogen-bond donors (Lipinski definition) is 1. The summed E-state index contributed by atoms with van der Waals surface area (Å²) in [6.45, 7) is 2.28. The van der Waals surface area contributed by atoms with Crippen LogP contribution in [0, 0.1) is 5.82 Å². The molecule has 1 atom stereocenters. The third kappa shape index (κ3) is 3.88. The average molecular weight is 392 g/mol. The van der Waals surface area contributed by atoms with Crippen molar-refractivity contribution in [2.45, 2.75) is 18.8 Å². The Morgan fingerprint density at radius 1 is 1.18 bits per heavy atom. The standard InChI is InChI=1S/C20H20F4N4/c1-27-12-26-17-3-2-14(8-19(17)27)18-11-28(5-4-25-18)10-13-6-15(20(22,23)24)9-16(21)7-13/h2-3,6-9,12,18,25H,4-5,10-11H2,1H3/t18-/m1/s1. The van der Waals surface area contributed by atoms with Gasteiger partial charge >= 0.3 is 6.18 Å². The first kappa shape index (κ1) is 18.9. The van der Waals surface area contributed by atoms with Crippen LogP contribution >= 0.6 is 0 Å². The minimum atomic E-state index is -4.55. The quantitative estimate of drug-likeness (QED) is 0.687. The Morgan fingerprint density at radius 2 is 2.00 bits per heavy atom. The van der Waals surface area contributed by atoms with Crippen LogP contribution in [0.3, 0.4) is 0 Å². The topological polar surface area (TPSA) is 33.1 Å². The van der Waals surface area contributed by atoms with E-state index in [2.05, 4.69) is 16.4 Å². The van der Waals surface area contributed by atoms with E-state index in [0.717, 1.165) is 22.7 Å². The van der Waals surface area contributed by atoms with Gasteiger partial charge in [-0.1, -0.05) is 6.07 Å². The zero-order valence-electron chi connectivity index (χ0n) is 15.3. The summed E-state index contributed by atoms with van der Waals surface area (Å²) < 4.78 is 54.5. The summed E-state index contributed by atoms with van der Waals surface area (Å²) in [7, 11) is 1.93. The number of hydrogen-bond acceptors (Lipinski definition) is 3. The van der Waals surface area contributed by atoms with E-state index in [1.165, 1.54) is 6.07 Å². The van der Waals surface area contributed by atoms with Crippen LogP contribution in [-0.2, 0) is 19.8 Å². The fraction of sp³-hybridized carbons (Fsp3) is 0.350. The molecular weight excluding hydrogens is 372 g/mol. The van der Waals surface area contributed by atoms with Crippen LogP contribution in [0.4, 0.5) is 17.6 Å². The van der Waals surface area contributed by atoms with E-state index in [9.17, 15) is 17.6 Å². The maximum atomic E-state index is 13.7. The first-order chi connectivity index (χ1) is 13.3. The van der Waals surface area contributed by atoms with Gasteiger partial charge in [-0.2, -0.15) is 13.2 Å². The zero-order valence-corrected chi connectivity index (χ0v) is 15.3. The number of benzene rings is 2. The lowest BCUT2D eigenvalue weighted by Gasteiger charge is -2.34. The van der Waals surface area contributed by atoms with Gasteiger partial charge in [0.15, 0.2) is 0 Å². The summed E-state index contributed by atoms with van der Waals surface area (Å²) >= 11 is 0. The monoisotopic (exact) mass is 392 g/mol. The third-order valence-electron chi connectivity index (χ3n) is 5.10. The molecular formula is C20H20F4N4. The van der Waals surface area contributed by atoms with Gasteiger partial charge in [0.2, 0.25) is 0 Å². The van der Waals surface area contributed by atoms with Crippen LogP contribution in [0.1, 0.15) is 22.7 Å². The van der Waals surface area contributed by atoms with Crippen molar-refractivity contribution in [3.8, 4) is 0 Å². The number of fused-ring (bicyclic) bond motifs is 1. The van der Waals surface area contributed by atoms with Gasteiger partial charge in [-0.05, 0) is 41.5 Å². The van der Waals surface area contributed by atoms with Crippen LogP contribution in [0.2, 0.25) is 0 Å². The molecule has 0 saturated carbocycles. The van der Waals surface area contributed by atoms with Gasteiger partial charge in [-0.25, -0.2) is 9.37 Å². The molecule has 1 aliphatic rings. The van der Waals surface area contributed by atoms with E-state index >= 15 is 0 Å². The number of imidazole rings is 1. The van der Waals surface area contributed by atoms with Crippen LogP contribution in [-0.4, -0.2) is 34.1 Å². The highest BCUT2D eigenvalue weighted by Crippen LogP contribution is 2.31. The molecule has 3 aromatic rings. The number of alkyl halides is 3. The highest BCUT2D eigenvalue weighted by atomic mass is 19.4. The summed E-state index contributed by atoms with van der Waals surface area (Å²) in [6.07, 6.45) is -2.79. The third-order valence-corrected chi connectivity index (χ3v) is 5.10. The molecule has 1 aliphatic heterocycles. The van der Waals surface area contributed by atoms with Crippen molar-refractivity contribution < 1.29 is 17.6 Å². The number of rotatable bonds is 3. The lowest BCUT2D eigenvalue weighted by Crippen LogP contribution is -2.45. The fourth-order valence-corrected chi connectivity index (χ4v) is 3.70. The molecule has 0 radical (unpaired) electrons. The summed E-state index contributed by atoms with van der Waals surface area (Å²) in [5, 5.41) is 3.45. The smallest absolute Gasteiger partial charge is 0.334 e. The maximum absolute atomic E-state index is 13.7. The van der Waals surface area contributed by atoms with Gasteiger partial charge in [0.25, 0.3) is 0 Å². The first-order valence-electron chi connectivity index (χ1n) is 9.03. The Morgan fingerprint density at radius 3 is 2.79 bits per heavy atom. The van der Waals surface area contributed by atoms with Gasteiger partial charge < -0.3 is 9.88 Å². The molecule has 2 heterocycles. The van der Waals surface area contributed by atoms with Gasteiger partial charge in [-0.15, -0.1) is 0 Å². The van der Waals surface area contributed by atoms with E-state index in [0.29, 0.717) is 31.3 Å². The highest BCUT2D eigenvalue weighted by molar-refractivity contribution is 5.76. The number of nitrogens with zero attached hydrogens (tertiary/aromatic N) is 3. The Bertz CT molecular complexity index is 996. The molecule has 1 fully saturated rings. The summed E-state index contributed by atoms with van der Waals surface area (Å²) in [6, 6.07) is 8.84. The largest absolute Gasteiger partial charge is 0.416 e. The molecule has 0 amide bonds. The Balaban J connectivity index is 1.52. The van der Waals surface area contributed by atoms with Gasteiger partial charge in [0, 0.05) is 39.3 Å². The van der Waals surface area contributed by atoms with E-state index in [-0.39, 0.29) is 12.6 Å². The van der Waals surface area contributed by atoms with Crippen LogP contribution in [0.5, 0.6) is 0 Å². The fourth-order valence-electron chi connectivity index (χ4n) is 3.70. The van der Waals surface area contributed by atoms with Crippen molar-refractivity contribution in [2.24, 2.45) is 7.05 Å². The van der Waals surface area contributed by atoms with E-state index < -0.39 is 17.6 Å². The second-order valence-corrected chi connectivity index (χ2v) is 7.19. The minimum absolute atomic E-state index is 0.0451. The first-order valence-corrected chi connectivity index (χ1v) is 9.03. The zero-order chi connectivity index (χ0) is 19.9. The number of nitrogens with one attached hydrogen (secondary N) is 1. The lowest BCUT2D eigenvalue weighted by molar-refractivity contribution is -0.137. The second-order valence-electron chi connectivity index (χ2n) is 7.19. The predicted octanol–water partition coefficient (Wildman–Crippen LogP) is 3.88. The van der Waals surface area contributed by atoms with Crippen LogP contribution in [0.25, 0.3) is 11.0 Å². The molecule has 2 aromatic carbocycles. The summed E-state index contributed by atoms with van der Waals surface area (Å²) in [4.78, 5) is 6.36. The minimum Gasteiger partial charge on any atom is -0.334 e. The van der Waals surface area contributed by atoms with Crippen LogP contribution in [0.15, 0.2) is 42.7 Å². The van der Waals surface area contributed by atoms with Crippen molar-refractivity contribution in [3.63, 3.8) is 0 Å². The molecule has 1 aromatic heterocycles. The van der Waals surface area contributed by atoms with E-state index in [1.807, 2.05) is 28.6 Å². The molecule has 0 aliphatic carbocycles. The van der Waals surface area contributed by atoms with Crippen molar-refractivity contribution in [2.75, 3.05) is 19.6 Å². The van der Waals surface area contributed by atoms with Crippen LogP contribution < -0.4 is 5.32 Å². The van der Waals surface area contributed by atoms with E-state index in [1.54, 1.807) is 6.33 Å². The molecule has 4 nitrogen and oxygen atoms in total. The van der Waals surface area contributed by atoms with Crippen molar-refractivity contribution in [1.82, 2.24) is 19.8 Å². The van der Waals surface area contributed by atoms with E-state index in [4.69, 9.17) is 0 Å². The van der Waals surface area contributed by atoms with Gasteiger partial charge in [0.1, 0.15) is 5.82 Å². The Labute approximate surface area is 159 Å². The Kier molecular flexibility index (Phi) is 4.84. The molecule has 8 heteroatoms. The number of aryl methyl sites for hydroxylation is 1. The normalized spacial score (nSPS) is 18.7. The maximum Gasteiger partial charge on any atom is 0.416 e. The SMILES string of the molecule is Cn1cnc2ccc([C@H]3CN(Cc4cc(F)cc(C(F)(F)F)c4)CCN3)cc21. The molecule has 1 N–H and O–H groups in total. The second kappa shape index (κ2) is 7.18. The highest BCUT2D eigenvalue weighted by Gasteiger charge is 2.31. The molecule has 4 rings (SSSR count). The molecule has 0 unspecified atom stereocenters. The van der Waals surface area contributed by atoms with Crippen molar-refractivity contribution in [1.29, 1.82) is 0 Å². The number of piperazine rings is 1. The van der Waals surface area contributed by atoms with Crippen molar-refractivity contribution in [3.05, 3.63) is 65.2 Å². The summed E-state index contributed by atoms with van der Waals surface area (Å²) in [5.74, 6) is -0.863. The number of aromatic nitrogens is 2. The van der Waals surface area contributed by atoms with Crippen molar-refractivity contribution >= 4 is 11.0 Å². The Hall–Kier alpha value is -2.45. The molecule has 0 bridgehead atoms. The molecule has 28 heavy (non-hydrogen) atoms. The lowest BCUT2D eigenvalue weighted by atomic mass is 10.0. The van der Waals surface area contributed by atoms with Gasteiger partial charge in [-0.3, -0.25) is 4.90 Å². The van der Waals surface area contributed by atoms with Gasteiger partial charge in [0.05, 0.1) is 22.9 Å². The summed E-state index contributed by atoms with van der Waals surface area (Å²) in [5.41, 5.74) is 2.41. The molecule has 1 saturated heterocycles. The molecule has 148 valence electrons. The number of halogens is 4. The predicted molar refractivity (Wildman–Crippen MR) is 98.1 cm³/mol.